The number of halogens is 1. The number of thiazole rings is 1. The number of aromatic nitrogens is 3. The fraction of sp³-hybridized carbons (Fsp3) is 0.604. The molecule has 3 aromatic heterocycles. The van der Waals surface area contributed by atoms with Gasteiger partial charge in [0.1, 0.15) is 0 Å². The molecule has 64 heavy (non-hydrogen) atoms. The number of aryl methyl sites for hydroxylation is 1. The number of fused-ring (bicyclic) bond motifs is 6. The van der Waals surface area contributed by atoms with E-state index in [-0.39, 0.29) is 46.3 Å². The first-order valence-corrected chi connectivity index (χ1v) is 27.6. The number of hydrogen-bond donors (Lipinski definition) is 2. The van der Waals surface area contributed by atoms with E-state index in [0.29, 0.717) is 47.9 Å². The summed E-state index contributed by atoms with van der Waals surface area (Å²) in [7, 11) is 3.90. The first-order chi connectivity index (χ1) is 30.6. The van der Waals surface area contributed by atoms with E-state index < -0.39 is 37.7 Å². The van der Waals surface area contributed by atoms with Crippen LogP contribution in [0.5, 0.6) is 0 Å². The Morgan fingerprint density at radius 1 is 1.11 bits per heavy atom. The Hall–Kier alpha value is -3.68. The van der Waals surface area contributed by atoms with Gasteiger partial charge in [0.25, 0.3) is 0 Å². The average Bonchev–Trinajstić information content (AvgIpc) is 3.58. The molecule has 2 N–H and O–H groups in total. The number of ether oxygens (including phenoxy) is 3. The second kappa shape index (κ2) is 19.3. The molecule has 2 saturated heterocycles. The molecule has 0 unspecified atom stereocenters. The Bertz CT molecular complexity index is 2360. The van der Waals surface area contributed by atoms with Crippen LogP contribution in [0.15, 0.2) is 35.8 Å². The molecule has 0 radical (unpaired) electrons. The topological polar surface area (TPSA) is 143 Å². The second-order valence-electron chi connectivity index (χ2n) is 19.1. The SMILES string of the molecule is CCO[C@@H]1c2nc(cs2)-c2ccc3c(c2)c(c(-c2cc(N4CCN(C)CC4)cnc2[C@H](C)OC)n3CC)CC(C)(C)COC(=O)I2CCCN(N2)C(=O)[C@H]1NC(=O)[C@@H]1[C@@H](C)[C@H]1C(C)C. The predicted molar refractivity (Wildman–Crippen MR) is 262 cm³/mol. The van der Waals surface area contributed by atoms with Crippen LogP contribution >= 0.6 is 31.4 Å². The van der Waals surface area contributed by atoms with Crippen LogP contribution in [-0.4, -0.2) is 111 Å². The van der Waals surface area contributed by atoms with Crippen molar-refractivity contribution in [3.63, 3.8) is 0 Å². The number of nitrogens with one attached hydrogen (secondary N) is 2. The summed E-state index contributed by atoms with van der Waals surface area (Å²) in [4.78, 5) is 58.1. The molecule has 4 aromatic rings. The summed E-state index contributed by atoms with van der Waals surface area (Å²) in [6, 6.07) is 7.78. The number of nitrogens with zero attached hydrogens (tertiary/aromatic N) is 6. The zero-order chi connectivity index (χ0) is 45.6. The fourth-order valence-corrected chi connectivity index (χ4v) is 14.7. The summed E-state index contributed by atoms with van der Waals surface area (Å²) >= 11 is -1.27. The number of cyclic esters (lactones) is 1. The van der Waals surface area contributed by atoms with Crippen LogP contribution in [0.1, 0.15) is 90.3 Å². The quantitative estimate of drug-likeness (QED) is 0.0686. The Morgan fingerprint density at radius 2 is 1.88 bits per heavy atom. The van der Waals surface area contributed by atoms with Crippen molar-refractivity contribution >= 4 is 63.8 Å². The van der Waals surface area contributed by atoms with E-state index in [1.807, 2.05) is 18.5 Å². The molecule has 348 valence electrons. The Kier molecular flexibility index (Phi) is 14.1. The van der Waals surface area contributed by atoms with Crippen LogP contribution in [0.25, 0.3) is 33.4 Å². The first-order valence-electron chi connectivity index (χ1n) is 23.0. The Morgan fingerprint density at radius 3 is 2.56 bits per heavy atom. The van der Waals surface area contributed by atoms with Gasteiger partial charge >= 0.3 is 367 Å². The molecule has 6 heterocycles. The number of carbonyl (C=O) groups is 3. The van der Waals surface area contributed by atoms with E-state index in [2.05, 4.69) is 103 Å². The van der Waals surface area contributed by atoms with Gasteiger partial charge in [0.05, 0.1) is 0 Å². The number of likely N-dealkylation sites (N-methyl/N-ethyl adjacent to an activating group) is 1. The maximum atomic E-state index is 14.8. The molecule has 4 aliphatic rings. The van der Waals surface area contributed by atoms with Crippen molar-refractivity contribution in [2.45, 2.75) is 93.0 Å². The molecule has 1 aliphatic carbocycles. The number of benzene rings is 1. The van der Waals surface area contributed by atoms with Crippen molar-refractivity contribution in [3.8, 4) is 22.5 Å². The standard InChI is InChI=1S/C48H67IN8O6S/c1-11-56-37-15-14-31-22-33(37)35(42(56)34-23-32(25-50-40(34)30(6)61-10)55-20-18-54(9)19-21-55)24-48(7,8)27-63-47(60)49-16-13-17-57(53-49)46(59)41(43(62-12-2)45-51-36(31)26-64-45)52-44(58)39-29(5)38(39)28(3)4/h14-15,22-23,25-26,28-30,38-39,41,43,53H,11-13,16-21,24,27H2,1-10H3,(H,52,58)/t29-,30-,38+,39+,41-,43-/m0/s1. The minimum absolute atomic E-state index is 0.149. The molecule has 1 aromatic carbocycles. The third kappa shape index (κ3) is 9.33. The van der Waals surface area contributed by atoms with Crippen molar-refractivity contribution in [1.82, 2.24) is 33.4 Å². The van der Waals surface area contributed by atoms with E-state index in [9.17, 15) is 14.4 Å². The number of methoxy groups -OCH3 is 1. The van der Waals surface area contributed by atoms with Crippen molar-refractivity contribution in [2.75, 3.05) is 69.4 Å². The summed E-state index contributed by atoms with van der Waals surface area (Å²) in [5, 5.41) is 8.44. The van der Waals surface area contributed by atoms with E-state index >= 15 is 0 Å². The van der Waals surface area contributed by atoms with Crippen molar-refractivity contribution in [1.29, 1.82) is 0 Å². The van der Waals surface area contributed by atoms with Gasteiger partial charge in [-0.05, 0) is 7.05 Å². The number of hydrogen-bond acceptors (Lipinski definition) is 12. The molecule has 8 rings (SSSR count). The van der Waals surface area contributed by atoms with E-state index in [1.165, 1.54) is 11.3 Å². The van der Waals surface area contributed by atoms with Crippen LogP contribution in [-0.2, 0) is 36.8 Å². The molecule has 0 spiro atoms. The number of anilines is 1. The van der Waals surface area contributed by atoms with Crippen LogP contribution < -0.4 is 13.9 Å². The van der Waals surface area contributed by atoms with Gasteiger partial charge in [0.2, 0.25) is 0 Å². The fourth-order valence-electron chi connectivity index (χ4n) is 10.0. The summed E-state index contributed by atoms with van der Waals surface area (Å²) in [5.74, 6) is 0.125. The van der Waals surface area contributed by atoms with Gasteiger partial charge in [0, 0.05) is 13.1 Å². The van der Waals surface area contributed by atoms with Crippen LogP contribution in [0, 0.1) is 29.1 Å². The number of amides is 2. The molecular formula is C48H67IN8O6S. The van der Waals surface area contributed by atoms with E-state index in [4.69, 9.17) is 24.2 Å². The molecule has 3 aliphatic heterocycles. The first kappa shape index (κ1) is 46.8. The molecule has 6 atom stereocenters. The summed E-state index contributed by atoms with van der Waals surface area (Å²) in [6.07, 6.45) is 2.15. The van der Waals surface area contributed by atoms with Crippen LogP contribution in [0.2, 0.25) is 0 Å². The minimum atomic E-state index is -2.70. The second-order valence-corrected chi connectivity index (χ2v) is 24.5. The number of rotatable bonds is 10. The number of alkyl halides is 1. The Balaban J connectivity index is 1.28. The normalized spacial score (nSPS) is 25.4. The monoisotopic (exact) mass is 1010 g/mol. The number of pyridine rings is 1. The van der Waals surface area contributed by atoms with Gasteiger partial charge in [-0.15, -0.1) is 0 Å². The summed E-state index contributed by atoms with van der Waals surface area (Å²) in [5.41, 5.74) is 7.53. The van der Waals surface area contributed by atoms with Crippen LogP contribution in [0.3, 0.4) is 0 Å². The van der Waals surface area contributed by atoms with Crippen molar-refractivity contribution in [3.05, 3.63) is 52.1 Å². The van der Waals surface area contributed by atoms with Crippen molar-refractivity contribution < 1.29 is 28.6 Å². The molecule has 6 bridgehead atoms. The van der Waals surface area contributed by atoms with Gasteiger partial charge in [-0.25, -0.2) is 0 Å². The molecular weight excluding hydrogens is 944 g/mol. The van der Waals surface area contributed by atoms with Crippen molar-refractivity contribution in [2.24, 2.45) is 29.1 Å². The van der Waals surface area contributed by atoms with Gasteiger partial charge in [-0.1, -0.05) is 0 Å². The zero-order valence-corrected chi connectivity index (χ0v) is 42.2. The molecule has 14 nitrogen and oxygen atoms in total. The van der Waals surface area contributed by atoms with E-state index in [0.717, 1.165) is 76.5 Å². The maximum absolute atomic E-state index is 14.8. The molecule has 3 fully saturated rings. The number of piperazine rings is 1. The van der Waals surface area contributed by atoms with Crippen LogP contribution in [0.4, 0.5) is 10.5 Å². The van der Waals surface area contributed by atoms with Gasteiger partial charge in [-0.3, -0.25) is 0 Å². The zero-order valence-electron chi connectivity index (χ0n) is 39.2. The Labute approximate surface area is 389 Å². The van der Waals surface area contributed by atoms with Gasteiger partial charge in [0.15, 0.2) is 0 Å². The van der Waals surface area contributed by atoms with Gasteiger partial charge < -0.3 is 4.90 Å². The third-order valence-electron chi connectivity index (χ3n) is 13.6. The summed E-state index contributed by atoms with van der Waals surface area (Å²) in [6.45, 7) is 22.2. The average molecular weight is 1010 g/mol. The number of carbonyl (C=O) groups excluding carboxylic acids is 3. The predicted octanol–water partition coefficient (Wildman–Crippen LogP) is 8.28. The van der Waals surface area contributed by atoms with E-state index in [1.54, 1.807) is 12.1 Å². The summed E-state index contributed by atoms with van der Waals surface area (Å²) < 4.78 is 24.9. The number of hydrazine groups is 1. The molecule has 16 heteroatoms. The van der Waals surface area contributed by atoms with Gasteiger partial charge in [-0.2, -0.15) is 0 Å². The molecule has 1 saturated carbocycles. The molecule has 2 amide bonds. The third-order valence-corrected chi connectivity index (χ3v) is 18.9.